The summed E-state index contributed by atoms with van der Waals surface area (Å²) < 4.78 is 146. The molecule has 0 fully saturated rings. The Morgan fingerprint density at radius 3 is 1.87 bits per heavy atom. The lowest BCUT2D eigenvalue weighted by Crippen LogP contribution is -2.43. The summed E-state index contributed by atoms with van der Waals surface area (Å²) in [5.74, 6) is -8.26. The first-order valence-corrected chi connectivity index (χ1v) is 24.6. The molecule has 2 heterocycles. The third-order valence-electron chi connectivity index (χ3n) is 9.92. The Kier molecular flexibility index (Phi) is 14.8. The van der Waals surface area contributed by atoms with E-state index in [0.717, 1.165) is 48.9 Å². The number of aliphatic carboxylic acids is 1. The number of benzene rings is 5. The van der Waals surface area contributed by atoms with Crippen LogP contribution in [0.4, 0.5) is 27.6 Å². The van der Waals surface area contributed by atoms with Crippen molar-refractivity contribution >= 4 is 70.7 Å². The maximum atomic E-state index is 15.3. The number of fused-ring (bicyclic) bond motifs is 1. The second-order valence-corrected chi connectivity index (χ2v) is 20.4. The summed E-state index contributed by atoms with van der Waals surface area (Å²) in [5, 5.41) is 30.1. The lowest BCUT2D eigenvalue weighted by atomic mass is 9.80. The van der Waals surface area contributed by atoms with Crippen molar-refractivity contribution in [2.75, 3.05) is 17.2 Å². The number of anilines is 1. The van der Waals surface area contributed by atoms with E-state index in [4.69, 9.17) is 10.0 Å². The predicted molar refractivity (Wildman–Crippen MR) is 239 cm³/mol. The molecule has 24 heteroatoms. The number of amides is 1. The molecule has 352 valence electrons. The highest BCUT2D eigenvalue weighted by Crippen LogP contribution is 2.35. The number of aromatic nitrogens is 2. The number of sulfone groups is 2. The van der Waals surface area contributed by atoms with Gasteiger partial charge in [-0.05, 0) is 77.4 Å². The van der Waals surface area contributed by atoms with Crippen LogP contribution in [0.3, 0.4) is 0 Å². The second-order valence-electron chi connectivity index (χ2n) is 14.8. The molecule has 5 N–H and O–H groups in total. The van der Waals surface area contributed by atoms with Gasteiger partial charge in [0.1, 0.15) is 34.9 Å². The van der Waals surface area contributed by atoms with Crippen LogP contribution in [-0.2, 0) is 40.9 Å². The number of carbonyl (C=O) groups is 2. The van der Waals surface area contributed by atoms with E-state index >= 15 is 8.78 Å². The van der Waals surface area contributed by atoms with E-state index in [9.17, 15) is 53.1 Å². The fourth-order valence-corrected chi connectivity index (χ4v) is 9.69. The van der Waals surface area contributed by atoms with Gasteiger partial charge in [0.15, 0.2) is 19.7 Å². The highest BCUT2D eigenvalue weighted by Gasteiger charge is 2.28. The molecule has 0 bridgehead atoms. The molecule has 0 spiro atoms. The number of rotatable bonds is 13. The molecule has 2 aromatic heterocycles. The monoisotopic (exact) mass is 996 g/mol. The van der Waals surface area contributed by atoms with Crippen molar-refractivity contribution in [3.8, 4) is 22.3 Å². The molecule has 0 saturated heterocycles. The number of carbonyl (C=O) groups excluding carboxylic acids is 1. The molecule has 7 aromatic rings. The molecule has 0 aliphatic carbocycles. The maximum absolute atomic E-state index is 15.3. The highest BCUT2D eigenvalue weighted by atomic mass is 32.2. The van der Waals surface area contributed by atoms with Crippen molar-refractivity contribution < 1.29 is 71.9 Å². The average molecular weight is 997 g/mol. The number of hydrogen-bond acceptors (Lipinski definition) is 12. The van der Waals surface area contributed by atoms with E-state index in [1.807, 2.05) is 4.72 Å². The molecule has 0 saturated carbocycles. The Hall–Kier alpha value is -7.12. The summed E-state index contributed by atoms with van der Waals surface area (Å²) in [6.07, 6.45) is 4.02. The fourth-order valence-electron chi connectivity index (χ4n) is 6.82. The van der Waals surface area contributed by atoms with Gasteiger partial charge >= 0.3 is 13.1 Å². The summed E-state index contributed by atoms with van der Waals surface area (Å²) >= 11 is 0. The average Bonchev–Trinajstić information content (AvgIpc) is 3.25. The fraction of sp³-hybridized carbons (Fsp3) is 0.0909. The van der Waals surface area contributed by atoms with Gasteiger partial charge in [-0.25, -0.2) is 52.6 Å². The van der Waals surface area contributed by atoms with E-state index in [-0.39, 0.29) is 26.3 Å². The van der Waals surface area contributed by atoms with Crippen molar-refractivity contribution in [2.45, 2.75) is 27.1 Å². The van der Waals surface area contributed by atoms with Crippen molar-refractivity contribution in [2.24, 2.45) is 0 Å². The van der Waals surface area contributed by atoms with E-state index in [1.54, 1.807) is 6.07 Å². The van der Waals surface area contributed by atoms with Gasteiger partial charge in [-0.3, -0.25) is 14.5 Å². The van der Waals surface area contributed by atoms with Crippen LogP contribution in [0.25, 0.3) is 33.2 Å². The Bertz CT molecular complexity index is 3440. The molecule has 15 nitrogen and oxygen atoms in total. The molecular weight excluding hydrogens is 963 g/mol. The molecule has 1 atom stereocenters. The third kappa shape index (κ3) is 11.7. The van der Waals surface area contributed by atoms with Crippen LogP contribution in [-0.4, -0.2) is 87.9 Å². The van der Waals surface area contributed by atoms with Crippen LogP contribution in [0.2, 0.25) is 0 Å². The Labute approximate surface area is 385 Å². The van der Waals surface area contributed by atoms with Gasteiger partial charge in [0.2, 0.25) is 5.95 Å². The van der Waals surface area contributed by atoms with Crippen molar-refractivity contribution in [1.82, 2.24) is 15.3 Å². The number of carboxylic acid groups (broad SMARTS) is 1. The Morgan fingerprint density at radius 2 is 1.28 bits per heavy atom. The van der Waals surface area contributed by atoms with Gasteiger partial charge in [-0.2, -0.15) is 4.39 Å². The highest BCUT2D eigenvalue weighted by molar-refractivity contribution is 7.92. The molecule has 0 aliphatic heterocycles. The minimum atomic E-state index is -4.40. The Balaban J connectivity index is 0.000000467. The van der Waals surface area contributed by atoms with Crippen LogP contribution in [0.5, 0.6) is 0 Å². The van der Waals surface area contributed by atoms with E-state index in [1.165, 1.54) is 67.0 Å². The van der Waals surface area contributed by atoms with E-state index in [2.05, 4.69) is 15.3 Å². The van der Waals surface area contributed by atoms with Gasteiger partial charge < -0.3 is 20.5 Å². The first-order chi connectivity index (χ1) is 31.8. The summed E-state index contributed by atoms with van der Waals surface area (Å²) in [7, 11) is -13.9. The summed E-state index contributed by atoms with van der Waals surface area (Å²) in [6.45, 7) is 0. The second kappa shape index (κ2) is 20.0. The molecule has 1 amide bonds. The summed E-state index contributed by atoms with van der Waals surface area (Å²) in [5.41, 5.74) is -0.0965. The molecular formula is C44H34BF5N4O11S3. The zero-order chi connectivity index (χ0) is 49.9. The molecule has 5 aromatic carbocycles. The molecule has 7 rings (SSSR count). The quantitative estimate of drug-likeness (QED) is 0.0577. The molecule has 0 aliphatic rings. The zero-order valence-electron chi connectivity index (χ0n) is 35.0. The van der Waals surface area contributed by atoms with Gasteiger partial charge in [0.25, 0.3) is 15.9 Å². The zero-order valence-corrected chi connectivity index (χ0v) is 37.5. The van der Waals surface area contributed by atoms with Crippen molar-refractivity contribution in [1.29, 1.82) is 0 Å². The standard InChI is InChI=1S/C37H26F4N4O7S2.C7H8BFO4S/c1-53(49,50)32-17-23(38)7-11-27(32)28-10-6-22(26-3-2-13-43-35(26)28)15-31(37(47)48)44-36(46)34-29(39)18-24(19-30(34)40)45-54(51,52)25-8-4-20(5-9-25)21-12-14-42-33(41)16-21;1-14(12,13)7-4-5(9)2-3-6(7)8(10)11/h2-14,16-19,31,45H,15H2,1H3,(H,44,46)(H,47,48);2-4,10-11H,1H3/t31-;/m0./s1. The van der Waals surface area contributed by atoms with Gasteiger partial charge in [0, 0.05) is 59.4 Å². The normalized spacial score (nSPS) is 12.1. The smallest absolute Gasteiger partial charge is 0.480 e. The lowest BCUT2D eigenvalue weighted by Gasteiger charge is -2.18. The maximum Gasteiger partial charge on any atom is 0.489 e. The SMILES string of the molecule is CS(=O)(=O)c1cc(F)ccc1-c1ccc(C[C@H](NC(=O)c2c(F)cc(NS(=O)(=O)c3ccc(-c4ccnc(F)c4)cc3)cc2F)C(=O)O)c2cccnc12.CS(=O)(=O)c1cc(F)ccc1B(O)O. The van der Waals surface area contributed by atoms with Crippen LogP contribution in [0.15, 0.2) is 136 Å². The minimum absolute atomic E-state index is 0.144. The number of carboxylic acids is 1. The number of nitrogens with one attached hydrogen (secondary N) is 2. The summed E-state index contributed by atoms with van der Waals surface area (Å²) in [4.78, 5) is 32.2. The van der Waals surface area contributed by atoms with Gasteiger partial charge in [-0.15, -0.1) is 0 Å². The Morgan fingerprint density at radius 1 is 0.676 bits per heavy atom. The van der Waals surface area contributed by atoms with E-state index < -0.39 is 107 Å². The first-order valence-electron chi connectivity index (χ1n) is 19.3. The number of sulfonamides is 1. The lowest BCUT2D eigenvalue weighted by molar-refractivity contribution is -0.139. The van der Waals surface area contributed by atoms with Crippen molar-refractivity contribution in [3.05, 3.63) is 162 Å². The van der Waals surface area contributed by atoms with Gasteiger partial charge in [-0.1, -0.05) is 42.5 Å². The topological polar surface area (TPSA) is 247 Å². The van der Waals surface area contributed by atoms with Gasteiger partial charge in [0.05, 0.1) is 25.9 Å². The first kappa shape index (κ1) is 50.3. The third-order valence-corrected chi connectivity index (χ3v) is 13.6. The number of pyridine rings is 2. The van der Waals surface area contributed by atoms with E-state index in [0.29, 0.717) is 39.8 Å². The predicted octanol–water partition coefficient (Wildman–Crippen LogP) is 5.06. The molecule has 68 heavy (non-hydrogen) atoms. The number of hydrogen-bond donors (Lipinski definition) is 5. The molecule has 0 radical (unpaired) electrons. The molecule has 0 unspecified atom stereocenters. The van der Waals surface area contributed by atoms with Crippen LogP contribution >= 0.6 is 0 Å². The van der Waals surface area contributed by atoms with Crippen LogP contribution in [0, 0.1) is 29.2 Å². The van der Waals surface area contributed by atoms with Crippen molar-refractivity contribution in [3.63, 3.8) is 0 Å². The van der Waals surface area contributed by atoms with Crippen LogP contribution in [0.1, 0.15) is 15.9 Å². The minimum Gasteiger partial charge on any atom is -0.480 e. The van der Waals surface area contributed by atoms with Crippen LogP contribution < -0.4 is 15.5 Å². The number of halogens is 5. The summed E-state index contributed by atoms with van der Waals surface area (Å²) in [6, 6.07) is 19.2. The largest absolute Gasteiger partial charge is 0.489 e. The number of nitrogens with zero attached hydrogens (tertiary/aromatic N) is 2.